The summed E-state index contributed by atoms with van der Waals surface area (Å²) in [5.41, 5.74) is 4.54. The van der Waals surface area contributed by atoms with Gasteiger partial charge < -0.3 is 5.32 Å². The first-order valence-electron chi connectivity index (χ1n) is 6.86. The summed E-state index contributed by atoms with van der Waals surface area (Å²) in [6, 6.07) is 18.1. The van der Waals surface area contributed by atoms with E-state index in [2.05, 4.69) is 33.7 Å². The molecule has 21 heavy (non-hydrogen) atoms. The highest BCUT2D eigenvalue weighted by atomic mass is 35.5. The van der Waals surface area contributed by atoms with Crippen molar-refractivity contribution in [1.82, 2.24) is 15.5 Å². The van der Waals surface area contributed by atoms with Crippen LogP contribution in [-0.4, -0.2) is 10.2 Å². The molecule has 3 aromatic rings. The van der Waals surface area contributed by atoms with Crippen molar-refractivity contribution in [1.29, 1.82) is 0 Å². The fraction of sp³-hybridized carbons (Fsp3) is 0.118. The average molecular weight is 298 g/mol. The third kappa shape index (κ3) is 3.51. The first-order valence-corrected chi connectivity index (χ1v) is 7.23. The van der Waals surface area contributed by atoms with Crippen LogP contribution in [0.15, 0.2) is 60.8 Å². The molecule has 0 radical (unpaired) electrons. The van der Waals surface area contributed by atoms with E-state index in [0.717, 1.165) is 34.9 Å². The molecule has 1 heterocycles. The van der Waals surface area contributed by atoms with Gasteiger partial charge in [-0.1, -0.05) is 54.1 Å². The first-order chi connectivity index (χ1) is 10.3. The minimum Gasteiger partial charge on any atom is -0.308 e. The van der Waals surface area contributed by atoms with E-state index in [4.69, 9.17) is 11.6 Å². The number of H-pyrrole nitrogens is 1. The summed E-state index contributed by atoms with van der Waals surface area (Å²) in [4.78, 5) is 0. The van der Waals surface area contributed by atoms with Crippen molar-refractivity contribution in [2.75, 3.05) is 0 Å². The molecule has 0 amide bonds. The van der Waals surface area contributed by atoms with E-state index in [1.807, 2.05) is 42.6 Å². The molecule has 1 aromatic heterocycles. The molecular weight excluding hydrogens is 282 g/mol. The van der Waals surface area contributed by atoms with Crippen LogP contribution >= 0.6 is 11.6 Å². The summed E-state index contributed by atoms with van der Waals surface area (Å²) in [5, 5.41) is 11.4. The van der Waals surface area contributed by atoms with Crippen LogP contribution < -0.4 is 5.32 Å². The second kappa shape index (κ2) is 6.57. The van der Waals surface area contributed by atoms with E-state index in [1.165, 1.54) is 5.56 Å². The van der Waals surface area contributed by atoms with Crippen molar-refractivity contribution >= 4 is 11.6 Å². The minimum absolute atomic E-state index is 0.757. The summed E-state index contributed by atoms with van der Waals surface area (Å²) in [6.45, 7) is 1.53. The second-order valence-electron chi connectivity index (χ2n) is 4.87. The van der Waals surface area contributed by atoms with Gasteiger partial charge in [-0.2, -0.15) is 5.10 Å². The van der Waals surface area contributed by atoms with Crippen LogP contribution in [0, 0.1) is 0 Å². The molecule has 2 N–H and O–H groups in total. The van der Waals surface area contributed by atoms with E-state index in [-0.39, 0.29) is 0 Å². The summed E-state index contributed by atoms with van der Waals surface area (Å²) >= 11 is 5.99. The maximum Gasteiger partial charge on any atom is 0.0695 e. The van der Waals surface area contributed by atoms with E-state index in [9.17, 15) is 0 Å². The van der Waals surface area contributed by atoms with Gasteiger partial charge in [0.2, 0.25) is 0 Å². The van der Waals surface area contributed by atoms with Crippen LogP contribution in [0.1, 0.15) is 11.1 Å². The lowest BCUT2D eigenvalue weighted by Crippen LogP contribution is -2.12. The molecule has 0 aliphatic rings. The zero-order valence-corrected chi connectivity index (χ0v) is 12.3. The van der Waals surface area contributed by atoms with Gasteiger partial charge in [-0.3, -0.25) is 5.10 Å². The maximum atomic E-state index is 5.99. The maximum absolute atomic E-state index is 5.99. The van der Waals surface area contributed by atoms with Gasteiger partial charge in [-0.25, -0.2) is 0 Å². The van der Waals surface area contributed by atoms with Crippen LogP contribution in [0.4, 0.5) is 0 Å². The largest absolute Gasteiger partial charge is 0.308 e. The highest BCUT2D eigenvalue weighted by molar-refractivity contribution is 6.30. The predicted octanol–water partition coefficient (Wildman–Crippen LogP) is 4.02. The number of benzene rings is 2. The van der Waals surface area contributed by atoms with Gasteiger partial charge in [0, 0.05) is 23.7 Å². The molecule has 4 heteroatoms. The highest BCUT2D eigenvalue weighted by Gasteiger charge is 2.06. The van der Waals surface area contributed by atoms with Crippen LogP contribution in [-0.2, 0) is 13.1 Å². The number of halogens is 1. The molecule has 3 nitrogen and oxygen atoms in total. The molecule has 2 aromatic carbocycles. The molecule has 0 aliphatic heterocycles. The van der Waals surface area contributed by atoms with Crippen molar-refractivity contribution in [3.8, 4) is 11.3 Å². The number of aromatic amines is 1. The lowest BCUT2D eigenvalue weighted by Gasteiger charge is -2.06. The Bertz CT molecular complexity index is 707. The number of rotatable bonds is 5. The van der Waals surface area contributed by atoms with Crippen LogP contribution in [0.3, 0.4) is 0 Å². The van der Waals surface area contributed by atoms with Gasteiger partial charge in [-0.15, -0.1) is 0 Å². The molecule has 0 unspecified atom stereocenters. The highest BCUT2D eigenvalue weighted by Crippen LogP contribution is 2.20. The SMILES string of the molecule is Clc1cccc(CNCc2cn[nH]c2-c2ccccc2)c1. The van der Waals surface area contributed by atoms with Gasteiger partial charge in [-0.05, 0) is 23.3 Å². The van der Waals surface area contributed by atoms with E-state index >= 15 is 0 Å². The van der Waals surface area contributed by atoms with E-state index in [1.54, 1.807) is 0 Å². The summed E-state index contributed by atoms with van der Waals surface area (Å²) in [7, 11) is 0. The van der Waals surface area contributed by atoms with Crippen molar-refractivity contribution in [3.63, 3.8) is 0 Å². The lowest BCUT2D eigenvalue weighted by atomic mass is 10.1. The third-order valence-electron chi connectivity index (χ3n) is 3.31. The molecule has 3 rings (SSSR count). The van der Waals surface area contributed by atoms with Crippen molar-refractivity contribution in [2.24, 2.45) is 0 Å². The van der Waals surface area contributed by atoms with E-state index < -0.39 is 0 Å². The van der Waals surface area contributed by atoms with Gasteiger partial charge in [0.25, 0.3) is 0 Å². The van der Waals surface area contributed by atoms with Gasteiger partial charge in [0.05, 0.1) is 11.9 Å². The number of nitrogens with one attached hydrogen (secondary N) is 2. The summed E-state index contributed by atoms with van der Waals surface area (Å²) in [6.07, 6.45) is 1.87. The lowest BCUT2D eigenvalue weighted by molar-refractivity contribution is 0.694. The van der Waals surface area contributed by atoms with Gasteiger partial charge in [0.1, 0.15) is 0 Å². The number of hydrogen-bond donors (Lipinski definition) is 2. The normalized spacial score (nSPS) is 10.7. The monoisotopic (exact) mass is 297 g/mol. The molecular formula is C17H16ClN3. The Balaban J connectivity index is 1.66. The molecule has 0 saturated heterocycles. The summed E-state index contributed by atoms with van der Waals surface area (Å²) in [5.74, 6) is 0. The van der Waals surface area contributed by atoms with Crippen LogP contribution in [0.25, 0.3) is 11.3 Å². The Labute approximate surface area is 129 Å². The van der Waals surface area contributed by atoms with Crippen molar-refractivity contribution in [3.05, 3.63) is 76.9 Å². The minimum atomic E-state index is 0.757. The fourth-order valence-electron chi connectivity index (χ4n) is 2.29. The smallest absolute Gasteiger partial charge is 0.0695 e. The Kier molecular flexibility index (Phi) is 4.34. The quantitative estimate of drug-likeness (QED) is 0.747. The number of aromatic nitrogens is 2. The Morgan fingerprint density at radius 2 is 1.86 bits per heavy atom. The third-order valence-corrected chi connectivity index (χ3v) is 3.55. The van der Waals surface area contributed by atoms with Crippen molar-refractivity contribution in [2.45, 2.75) is 13.1 Å². The topological polar surface area (TPSA) is 40.7 Å². The molecule has 0 saturated carbocycles. The predicted molar refractivity (Wildman–Crippen MR) is 86.0 cm³/mol. The zero-order chi connectivity index (χ0) is 14.5. The molecule has 0 spiro atoms. The Morgan fingerprint density at radius 1 is 1.00 bits per heavy atom. The molecule has 0 fully saturated rings. The molecule has 106 valence electrons. The zero-order valence-electron chi connectivity index (χ0n) is 11.5. The standard InChI is InChI=1S/C17H16ClN3/c18-16-8-4-5-13(9-16)10-19-11-15-12-20-21-17(15)14-6-2-1-3-7-14/h1-9,12,19H,10-11H2,(H,20,21). The number of hydrogen-bond acceptors (Lipinski definition) is 2. The van der Waals surface area contributed by atoms with Crippen LogP contribution in [0.2, 0.25) is 5.02 Å². The average Bonchev–Trinajstić information content (AvgIpc) is 2.97. The van der Waals surface area contributed by atoms with Gasteiger partial charge >= 0.3 is 0 Å². The first kappa shape index (κ1) is 13.9. The van der Waals surface area contributed by atoms with Crippen LogP contribution in [0.5, 0.6) is 0 Å². The summed E-state index contributed by atoms with van der Waals surface area (Å²) < 4.78 is 0. The van der Waals surface area contributed by atoms with Crippen molar-refractivity contribution < 1.29 is 0 Å². The molecule has 0 atom stereocenters. The van der Waals surface area contributed by atoms with Gasteiger partial charge in [0.15, 0.2) is 0 Å². The molecule has 0 aliphatic carbocycles. The number of nitrogens with zero attached hydrogens (tertiary/aromatic N) is 1. The fourth-order valence-corrected chi connectivity index (χ4v) is 2.50. The molecule has 0 bridgehead atoms. The Morgan fingerprint density at radius 3 is 2.67 bits per heavy atom. The Hall–Kier alpha value is -2.10. The second-order valence-corrected chi connectivity index (χ2v) is 5.31. The van der Waals surface area contributed by atoms with E-state index in [0.29, 0.717) is 0 Å².